The number of nitrogens with two attached hydrogens (primary N) is 1. The molecule has 32 heteroatoms. The zero-order valence-electron chi connectivity index (χ0n) is 49.4. The molecule has 7 aromatic rings. The second-order valence-corrected chi connectivity index (χ2v) is 23.0. The van der Waals surface area contributed by atoms with Gasteiger partial charge >= 0.3 is 10.1 Å². The van der Waals surface area contributed by atoms with Crippen molar-refractivity contribution in [3.63, 3.8) is 0 Å². The average Bonchev–Trinajstić information content (AvgIpc) is 2.06. The van der Waals surface area contributed by atoms with Crippen molar-refractivity contribution in [1.29, 1.82) is 0 Å². The monoisotopic (exact) mass is 1290 g/mol. The van der Waals surface area contributed by atoms with E-state index >= 15 is 0 Å². The second-order valence-electron chi connectivity index (χ2n) is 18.4. The maximum Gasteiger partial charge on any atom is 0.313 e. The van der Waals surface area contributed by atoms with Gasteiger partial charge in [0.15, 0.2) is 16.7 Å². The van der Waals surface area contributed by atoms with E-state index in [0.29, 0.717) is 99.6 Å². The van der Waals surface area contributed by atoms with Gasteiger partial charge in [0.25, 0.3) is 11.8 Å². The number of nitrogens with zero attached hydrogens (tertiary/aromatic N) is 11. The van der Waals surface area contributed by atoms with Crippen molar-refractivity contribution in [3.05, 3.63) is 105 Å². The van der Waals surface area contributed by atoms with E-state index in [0.717, 1.165) is 24.3 Å². The summed E-state index contributed by atoms with van der Waals surface area (Å²) in [5, 5.41) is 31.3. The third-order valence-electron chi connectivity index (χ3n) is 12.6. The normalized spacial score (nSPS) is 11.8. The first-order valence-corrected chi connectivity index (χ1v) is 31.1. The fourth-order valence-corrected chi connectivity index (χ4v) is 11.4. The number of amides is 4. The lowest BCUT2D eigenvalue weighted by molar-refractivity contribution is -0.120. The van der Waals surface area contributed by atoms with Gasteiger partial charge in [-0.25, -0.2) is 9.97 Å². The predicted octanol–water partition coefficient (Wildman–Crippen LogP) is 11.1. The van der Waals surface area contributed by atoms with Crippen molar-refractivity contribution in [1.82, 2.24) is 24.9 Å². The molecule has 4 amide bonds. The van der Waals surface area contributed by atoms with Gasteiger partial charge in [0.2, 0.25) is 39.5 Å². The van der Waals surface area contributed by atoms with Crippen molar-refractivity contribution in [3.8, 4) is 11.5 Å². The van der Waals surface area contributed by atoms with E-state index < -0.39 is 50.0 Å². The fourth-order valence-electron chi connectivity index (χ4n) is 8.37. The zero-order chi connectivity index (χ0) is 64.5. The Kier molecular flexibility index (Phi) is 22.9. The highest BCUT2D eigenvalue weighted by Gasteiger charge is 2.26. The molecule has 0 aliphatic carbocycles. The lowest BCUT2D eigenvalue weighted by atomic mass is 10.1. The molecule has 0 aliphatic heterocycles. The van der Waals surface area contributed by atoms with Crippen molar-refractivity contribution in [2.45, 2.75) is 58.6 Å². The first-order valence-electron chi connectivity index (χ1n) is 27.0. The van der Waals surface area contributed by atoms with Crippen LogP contribution in [-0.4, -0.2) is 120 Å². The van der Waals surface area contributed by atoms with E-state index in [1.807, 2.05) is 45.6 Å². The molecule has 0 bridgehead atoms. The number of azo groups is 2. The van der Waals surface area contributed by atoms with Crippen molar-refractivity contribution in [2.75, 3.05) is 82.5 Å². The molecule has 0 radical (unpaired) electrons. The SMILES string of the molecule is CCSc1nc(Nc2cc(N(CC)CC)c(OC)cc2N=Nc2ncc(/C=C(\C(C)=O)C(=O)Nc3cccc(NC=O)c3)s2)nc(Nc2cc(N(CC)CC)c(OC)cc2N=Nc2nc(S(=O)(=O)O)c(/C=C(/C(C)=O)C(=O)Nc3cccc(C(N)=O)c3)s2)n1. The molecule has 89 heavy (non-hydrogen) atoms. The zero-order valence-corrected chi connectivity index (χ0v) is 52.7. The molecule has 3 heterocycles. The number of primary amides is 1. The number of thiazole rings is 2. The van der Waals surface area contributed by atoms with Crippen LogP contribution < -0.4 is 51.6 Å². The van der Waals surface area contributed by atoms with Gasteiger partial charge in [0, 0.05) is 67.1 Å². The number of carbonyl (C=O) groups excluding carboxylic acids is 6. The van der Waals surface area contributed by atoms with Crippen LogP contribution in [0.4, 0.5) is 73.3 Å². The first-order chi connectivity index (χ1) is 42.6. The maximum absolute atomic E-state index is 13.5. The van der Waals surface area contributed by atoms with Crippen LogP contribution in [0.1, 0.15) is 68.6 Å². The number of rotatable bonds is 30. The van der Waals surface area contributed by atoms with E-state index in [2.05, 4.69) is 61.9 Å². The Morgan fingerprint density at radius 2 is 1.19 bits per heavy atom. The Labute approximate surface area is 523 Å². The van der Waals surface area contributed by atoms with Crippen LogP contribution in [0.25, 0.3) is 12.2 Å². The third-order valence-corrected chi connectivity index (χ3v) is 16.0. The molecule has 0 fully saturated rings. The molecule has 8 N–H and O–H groups in total. The molecule has 0 atom stereocenters. The molecule has 28 nitrogen and oxygen atoms in total. The Morgan fingerprint density at radius 1 is 0.674 bits per heavy atom. The minimum absolute atomic E-state index is 0.0309. The third kappa shape index (κ3) is 17.4. The van der Waals surface area contributed by atoms with Gasteiger partial charge in [-0.15, -0.1) is 20.5 Å². The highest BCUT2D eigenvalue weighted by Crippen LogP contribution is 2.43. The number of hydrogen-bond acceptors (Lipinski definition) is 26. The van der Waals surface area contributed by atoms with Crippen LogP contribution in [0, 0.1) is 0 Å². The number of aromatic nitrogens is 5. The second kappa shape index (κ2) is 30.6. The summed E-state index contributed by atoms with van der Waals surface area (Å²) in [7, 11) is -2.09. The summed E-state index contributed by atoms with van der Waals surface area (Å²) >= 11 is 2.98. The average molecular weight is 1290 g/mol. The van der Waals surface area contributed by atoms with Gasteiger partial charge in [0.05, 0.1) is 57.9 Å². The smallest absolute Gasteiger partial charge is 0.313 e. The highest BCUT2D eigenvalue weighted by atomic mass is 32.2. The highest BCUT2D eigenvalue weighted by molar-refractivity contribution is 7.99. The van der Waals surface area contributed by atoms with Crippen molar-refractivity contribution >= 4 is 166 Å². The molecule has 0 saturated heterocycles. The summed E-state index contributed by atoms with van der Waals surface area (Å²) in [5.41, 5.74) is 8.07. The van der Waals surface area contributed by atoms with Crippen LogP contribution >= 0.6 is 34.4 Å². The number of ketones is 2. The number of Topliss-reactive ketones (excluding diaryl/α,β-unsaturated/α-hetero) is 2. The molecule has 0 saturated carbocycles. The summed E-state index contributed by atoms with van der Waals surface area (Å²) in [4.78, 5) is 102. The van der Waals surface area contributed by atoms with Gasteiger partial charge < -0.3 is 51.6 Å². The number of hydrogen-bond donors (Lipinski definition) is 7. The van der Waals surface area contributed by atoms with Crippen LogP contribution in [0.2, 0.25) is 0 Å². The minimum atomic E-state index is -5.09. The Bertz CT molecular complexity index is 4070. The molecule has 4 aromatic carbocycles. The lowest BCUT2D eigenvalue weighted by Gasteiger charge is -2.25. The Hall–Kier alpha value is -9.89. The molecular weight excluding hydrogens is 1230 g/mol. The van der Waals surface area contributed by atoms with Crippen LogP contribution in [0.5, 0.6) is 11.5 Å². The van der Waals surface area contributed by atoms with E-state index in [1.54, 1.807) is 36.4 Å². The summed E-state index contributed by atoms with van der Waals surface area (Å²) in [6.45, 7) is 14.5. The first kappa shape index (κ1) is 66.6. The number of nitrogens with one attached hydrogen (secondary N) is 5. The minimum Gasteiger partial charge on any atom is -0.494 e. The van der Waals surface area contributed by atoms with E-state index in [-0.39, 0.29) is 60.9 Å². The van der Waals surface area contributed by atoms with E-state index in [9.17, 15) is 41.7 Å². The number of benzene rings is 4. The van der Waals surface area contributed by atoms with E-state index in [4.69, 9.17) is 30.2 Å². The van der Waals surface area contributed by atoms with Crippen molar-refractivity contribution < 1.29 is 51.2 Å². The number of methoxy groups -OCH3 is 2. The summed E-state index contributed by atoms with van der Waals surface area (Å²) < 4.78 is 47.6. The van der Waals surface area contributed by atoms with Crippen LogP contribution in [-0.2, 0) is 34.1 Å². The van der Waals surface area contributed by atoms with Gasteiger partial charge in [-0.2, -0.15) is 23.4 Å². The number of anilines is 9. The van der Waals surface area contributed by atoms with Gasteiger partial charge in [-0.05, 0) is 108 Å². The summed E-state index contributed by atoms with van der Waals surface area (Å²) in [6, 6.07) is 18.9. The molecule has 464 valence electrons. The van der Waals surface area contributed by atoms with Gasteiger partial charge in [0.1, 0.15) is 22.9 Å². The molecule has 7 rings (SSSR count). The summed E-state index contributed by atoms with van der Waals surface area (Å²) in [5.74, 6) is -2.20. The number of carbonyl (C=O) groups is 6. The molecule has 0 spiro atoms. The lowest BCUT2D eigenvalue weighted by Crippen LogP contribution is -2.22. The molecule has 0 unspecified atom stereocenters. The van der Waals surface area contributed by atoms with Crippen molar-refractivity contribution in [2.24, 2.45) is 26.2 Å². The summed E-state index contributed by atoms with van der Waals surface area (Å²) in [6.07, 6.45) is 4.29. The largest absolute Gasteiger partial charge is 0.494 e. The number of thioether (sulfide) groups is 1. The molecule has 3 aromatic heterocycles. The quantitative estimate of drug-likeness (QED) is 0.00418. The Morgan fingerprint density at radius 3 is 1.69 bits per heavy atom. The fraction of sp³-hybridized carbons (Fsp3) is 0.246. The molecular formula is C57H61N17O11S4. The van der Waals surface area contributed by atoms with E-state index in [1.165, 1.54) is 75.5 Å². The van der Waals surface area contributed by atoms with Crippen LogP contribution in [0.3, 0.4) is 0 Å². The Balaban J connectivity index is 1.26. The molecule has 0 aliphatic rings. The standard InChI is InChI=1S/C57H61N17O11S4/c1-10-73(11-2)44-25-40(42(27-46(44)84-8)69-71-55-59-29-37(87-55)23-38(31(6)76)50(79)62-36-20-16-18-34(22-36)60-30-75)63-53-66-54(68-56(67-53)86-14-5)64-41-26-45(74(12-3)13-4)47(85-9)28-43(41)70-72-57-65-52(89(81,82)83)48(88-57)24-39(32(7)77)51(80)61-35-19-15-17-33(21-35)49(58)78/h15-30H,10-14H2,1-9H3,(H2,58,78)(H,60,75)(H,61,80)(H,62,79)(H,81,82,83)(H2,63,64,66,67,68)/b38-23+,39-24-,71-69?,72-70?. The van der Waals surface area contributed by atoms with Gasteiger partial charge in [-0.1, -0.05) is 53.5 Å². The van der Waals surface area contributed by atoms with Crippen LogP contribution in [0.15, 0.2) is 121 Å². The topological polar surface area (TPSA) is 382 Å². The number of ether oxygens (including phenoxy) is 2. The predicted molar refractivity (Wildman–Crippen MR) is 344 cm³/mol. The maximum atomic E-state index is 13.5. The van der Waals surface area contributed by atoms with Gasteiger partial charge in [-0.3, -0.25) is 33.3 Å².